The average molecular weight is 295 g/mol. The van der Waals surface area contributed by atoms with E-state index in [4.69, 9.17) is 25.5 Å². The van der Waals surface area contributed by atoms with Gasteiger partial charge in [0.05, 0.1) is 19.6 Å². The maximum absolute atomic E-state index is 6.67. The van der Waals surface area contributed by atoms with E-state index >= 15 is 0 Å². The zero-order chi connectivity index (χ0) is 14.9. The maximum Gasteiger partial charge on any atom is 0.124 e. The Morgan fingerprint density at radius 2 is 1.75 bits per heavy atom. The van der Waals surface area contributed by atoms with E-state index in [9.17, 15) is 0 Å². The molecule has 0 amide bonds. The molecule has 0 saturated heterocycles. The standard InChI is InChI=1S/C16H19ClO3/c1-9-10(2)20-11(3)15(9)16(17)13-8-12(18-4)6-7-14(13)19-5/h6-8,16H,1-5H3. The highest BCUT2D eigenvalue weighted by Crippen LogP contribution is 2.41. The summed E-state index contributed by atoms with van der Waals surface area (Å²) >= 11 is 6.67. The molecule has 0 aliphatic rings. The molecule has 20 heavy (non-hydrogen) atoms. The molecule has 4 heteroatoms. The number of hydrogen-bond acceptors (Lipinski definition) is 3. The second kappa shape index (κ2) is 5.80. The summed E-state index contributed by atoms with van der Waals surface area (Å²) in [6, 6.07) is 5.62. The Morgan fingerprint density at radius 1 is 1.05 bits per heavy atom. The molecule has 2 rings (SSSR count). The van der Waals surface area contributed by atoms with Crippen molar-refractivity contribution in [1.82, 2.24) is 0 Å². The van der Waals surface area contributed by atoms with E-state index in [-0.39, 0.29) is 5.38 Å². The van der Waals surface area contributed by atoms with Crippen LogP contribution in [0.3, 0.4) is 0 Å². The van der Waals surface area contributed by atoms with Crippen LogP contribution in [0.5, 0.6) is 11.5 Å². The topological polar surface area (TPSA) is 31.6 Å². The second-order valence-corrected chi connectivity index (χ2v) is 5.16. The van der Waals surface area contributed by atoms with Gasteiger partial charge in [-0.15, -0.1) is 11.6 Å². The van der Waals surface area contributed by atoms with Crippen molar-refractivity contribution in [2.24, 2.45) is 0 Å². The van der Waals surface area contributed by atoms with Crippen molar-refractivity contribution in [3.8, 4) is 11.5 Å². The fourth-order valence-electron chi connectivity index (χ4n) is 2.38. The first-order valence-corrected chi connectivity index (χ1v) is 6.85. The molecule has 0 bridgehead atoms. The molecular formula is C16H19ClO3. The smallest absolute Gasteiger partial charge is 0.124 e. The first-order chi connectivity index (χ1) is 9.49. The lowest BCUT2D eigenvalue weighted by atomic mass is 9.99. The summed E-state index contributed by atoms with van der Waals surface area (Å²) in [7, 11) is 3.27. The Kier molecular flexibility index (Phi) is 4.29. The molecule has 0 radical (unpaired) electrons. The normalized spacial score (nSPS) is 12.3. The van der Waals surface area contributed by atoms with Gasteiger partial charge in [0.1, 0.15) is 23.0 Å². The molecule has 0 saturated carbocycles. The Morgan fingerprint density at radius 3 is 2.25 bits per heavy atom. The first kappa shape index (κ1) is 14.8. The van der Waals surface area contributed by atoms with Gasteiger partial charge in [0.25, 0.3) is 0 Å². The molecule has 1 unspecified atom stereocenters. The molecule has 108 valence electrons. The minimum Gasteiger partial charge on any atom is -0.497 e. The number of hydrogen-bond donors (Lipinski definition) is 0. The quantitative estimate of drug-likeness (QED) is 0.775. The van der Waals surface area contributed by atoms with Gasteiger partial charge in [-0.2, -0.15) is 0 Å². The predicted octanol–water partition coefficient (Wildman–Crippen LogP) is 4.55. The van der Waals surface area contributed by atoms with Gasteiger partial charge >= 0.3 is 0 Å². The SMILES string of the molecule is COc1ccc(OC)c(C(Cl)c2c(C)oc(C)c2C)c1. The number of rotatable bonds is 4. The zero-order valence-electron chi connectivity index (χ0n) is 12.4. The van der Waals surface area contributed by atoms with Crippen molar-refractivity contribution < 1.29 is 13.9 Å². The molecule has 1 aromatic carbocycles. The van der Waals surface area contributed by atoms with Crippen molar-refractivity contribution in [3.05, 3.63) is 46.4 Å². The Labute approximate surface area is 124 Å². The second-order valence-electron chi connectivity index (χ2n) is 4.72. The van der Waals surface area contributed by atoms with Crippen LogP contribution in [0.1, 0.15) is 33.6 Å². The van der Waals surface area contributed by atoms with E-state index in [2.05, 4.69) is 0 Å². The molecule has 0 aliphatic carbocycles. The highest BCUT2D eigenvalue weighted by molar-refractivity contribution is 6.23. The van der Waals surface area contributed by atoms with Crippen LogP contribution in [0.2, 0.25) is 0 Å². The summed E-state index contributed by atoms with van der Waals surface area (Å²) in [5.41, 5.74) is 2.95. The van der Waals surface area contributed by atoms with Gasteiger partial charge in [-0.1, -0.05) is 0 Å². The zero-order valence-corrected chi connectivity index (χ0v) is 13.2. The Bertz CT molecular complexity index is 616. The van der Waals surface area contributed by atoms with Gasteiger partial charge in [0.15, 0.2) is 0 Å². The van der Waals surface area contributed by atoms with Gasteiger partial charge in [-0.3, -0.25) is 0 Å². The number of ether oxygens (including phenoxy) is 2. The monoisotopic (exact) mass is 294 g/mol. The van der Waals surface area contributed by atoms with E-state index < -0.39 is 0 Å². The molecule has 1 aromatic heterocycles. The van der Waals surface area contributed by atoms with Crippen molar-refractivity contribution in [1.29, 1.82) is 0 Å². The van der Waals surface area contributed by atoms with Crippen LogP contribution in [0.15, 0.2) is 22.6 Å². The Balaban J connectivity index is 2.54. The molecule has 1 heterocycles. The van der Waals surface area contributed by atoms with Crippen LogP contribution in [-0.2, 0) is 0 Å². The lowest BCUT2D eigenvalue weighted by molar-refractivity contribution is 0.399. The predicted molar refractivity (Wildman–Crippen MR) is 80.2 cm³/mol. The van der Waals surface area contributed by atoms with Crippen molar-refractivity contribution in [2.45, 2.75) is 26.1 Å². The number of halogens is 1. The minimum absolute atomic E-state index is 0.336. The largest absolute Gasteiger partial charge is 0.497 e. The lowest BCUT2D eigenvalue weighted by Crippen LogP contribution is -2.00. The summed E-state index contributed by atoms with van der Waals surface area (Å²) in [4.78, 5) is 0. The van der Waals surface area contributed by atoms with Crippen molar-refractivity contribution in [3.63, 3.8) is 0 Å². The van der Waals surface area contributed by atoms with E-state index in [0.29, 0.717) is 0 Å². The Hall–Kier alpha value is -1.61. The van der Waals surface area contributed by atoms with Gasteiger partial charge in [0, 0.05) is 11.1 Å². The minimum atomic E-state index is -0.336. The van der Waals surface area contributed by atoms with Crippen LogP contribution < -0.4 is 9.47 Å². The highest BCUT2D eigenvalue weighted by atomic mass is 35.5. The highest BCUT2D eigenvalue weighted by Gasteiger charge is 2.23. The first-order valence-electron chi connectivity index (χ1n) is 6.42. The molecule has 0 spiro atoms. The van der Waals surface area contributed by atoms with Gasteiger partial charge in [-0.05, 0) is 44.5 Å². The van der Waals surface area contributed by atoms with Crippen LogP contribution in [0.4, 0.5) is 0 Å². The summed E-state index contributed by atoms with van der Waals surface area (Å²) in [5, 5.41) is -0.336. The lowest BCUT2D eigenvalue weighted by Gasteiger charge is -2.16. The number of alkyl halides is 1. The van der Waals surface area contributed by atoms with Gasteiger partial charge in [-0.25, -0.2) is 0 Å². The molecule has 3 nitrogen and oxygen atoms in total. The van der Waals surface area contributed by atoms with Crippen LogP contribution >= 0.6 is 11.6 Å². The number of aryl methyl sites for hydroxylation is 2. The average Bonchev–Trinajstić information content (AvgIpc) is 2.70. The molecule has 2 aromatic rings. The van der Waals surface area contributed by atoms with Crippen LogP contribution in [-0.4, -0.2) is 14.2 Å². The summed E-state index contributed by atoms with van der Waals surface area (Å²) in [6.07, 6.45) is 0. The van der Waals surface area contributed by atoms with E-state index in [1.165, 1.54) is 0 Å². The maximum atomic E-state index is 6.67. The van der Waals surface area contributed by atoms with Crippen molar-refractivity contribution >= 4 is 11.6 Å². The summed E-state index contributed by atoms with van der Waals surface area (Å²) in [6.45, 7) is 5.89. The van der Waals surface area contributed by atoms with E-state index in [1.54, 1.807) is 14.2 Å². The third-order valence-corrected chi connectivity index (χ3v) is 4.03. The third kappa shape index (κ3) is 2.50. The van der Waals surface area contributed by atoms with E-state index in [1.807, 2.05) is 39.0 Å². The summed E-state index contributed by atoms with van der Waals surface area (Å²) < 4.78 is 16.3. The number of furan rings is 1. The fraction of sp³-hybridized carbons (Fsp3) is 0.375. The summed E-state index contributed by atoms with van der Waals surface area (Å²) in [5.74, 6) is 3.22. The molecule has 1 atom stereocenters. The molecular weight excluding hydrogens is 276 g/mol. The fourth-order valence-corrected chi connectivity index (χ4v) is 2.86. The van der Waals surface area contributed by atoms with Crippen LogP contribution in [0, 0.1) is 20.8 Å². The molecule has 0 aliphatic heterocycles. The molecule has 0 fully saturated rings. The van der Waals surface area contributed by atoms with Crippen molar-refractivity contribution in [2.75, 3.05) is 14.2 Å². The van der Waals surface area contributed by atoms with Crippen LogP contribution in [0.25, 0.3) is 0 Å². The molecule has 0 N–H and O–H groups in total. The van der Waals surface area contributed by atoms with Gasteiger partial charge in [0.2, 0.25) is 0 Å². The number of methoxy groups -OCH3 is 2. The van der Waals surface area contributed by atoms with Gasteiger partial charge < -0.3 is 13.9 Å². The third-order valence-electron chi connectivity index (χ3n) is 3.58. The number of benzene rings is 1. The van der Waals surface area contributed by atoms with E-state index in [0.717, 1.165) is 39.7 Å².